The van der Waals surface area contributed by atoms with Crippen LogP contribution in [0.1, 0.15) is 11.1 Å². The second kappa shape index (κ2) is 8.35. The Hall–Kier alpha value is -3.67. The summed E-state index contributed by atoms with van der Waals surface area (Å²) in [5.41, 5.74) is 4.21. The molecule has 2 aromatic carbocycles. The highest BCUT2D eigenvalue weighted by Crippen LogP contribution is 2.22. The summed E-state index contributed by atoms with van der Waals surface area (Å²) in [6.45, 7) is 1.04. The highest BCUT2D eigenvalue weighted by Gasteiger charge is 2.10. The van der Waals surface area contributed by atoms with Crippen molar-refractivity contribution in [2.24, 2.45) is 7.05 Å². The summed E-state index contributed by atoms with van der Waals surface area (Å²) in [5.74, 6) is 1.06. The second-order valence-corrected chi connectivity index (χ2v) is 6.39. The molecular weight excluding hydrogens is 350 g/mol. The molecule has 0 atom stereocenters. The minimum absolute atomic E-state index is 0.470. The third-order valence-corrected chi connectivity index (χ3v) is 4.25. The van der Waals surface area contributed by atoms with Gasteiger partial charge in [0, 0.05) is 43.2 Å². The van der Waals surface area contributed by atoms with Gasteiger partial charge in [-0.25, -0.2) is 4.98 Å². The van der Waals surface area contributed by atoms with E-state index < -0.39 is 0 Å². The molecule has 6 heteroatoms. The summed E-state index contributed by atoms with van der Waals surface area (Å²) in [5, 5.41) is 7.85. The van der Waals surface area contributed by atoms with E-state index >= 15 is 0 Å². The van der Waals surface area contributed by atoms with E-state index in [1.54, 1.807) is 12.3 Å². The molecule has 0 aliphatic heterocycles. The van der Waals surface area contributed by atoms with Crippen molar-refractivity contribution in [2.45, 2.75) is 13.2 Å². The lowest BCUT2D eigenvalue weighted by atomic mass is 10.1. The van der Waals surface area contributed by atoms with Crippen LogP contribution in [0.25, 0.3) is 11.3 Å². The van der Waals surface area contributed by atoms with Gasteiger partial charge < -0.3 is 10.1 Å². The lowest BCUT2D eigenvalue weighted by Crippen LogP contribution is -2.05. The minimum Gasteiger partial charge on any atom is -0.473 e. The van der Waals surface area contributed by atoms with Crippen molar-refractivity contribution in [2.75, 3.05) is 5.32 Å². The van der Waals surface area contributed by atoms with E-state index in [-0.39, 0.29) is 0 Å². The molecule has 28 heavy (non-hydrogen) atoms. The third kappa shape index (κ3) is 4.35. The van der Waals surface area contributed by atoms with Gasteiger partial charge in [-0.2, -0.15) is 10.1 Å². The van der Waals surface area contributed by atoms with Crippen molar-refractivity contribution in [3.05, 3.63) is 90.3 Å². The Kier molecular flexibility index (Phi) is 5.29. The first-order valence-electron chi connectivity index (χ1n) is 9.09. The Morgan fingerprint density at radius 1 is 0.964 bits per heavy atom. The summed E-state index contributed by atoms with van der Waals surface area (Å²) in [6, 6.07) is 21.9. The molecule has 2 aromatic heterocycles. The largest absolute Gasteiger partial charge is 0.473 e. The number of hydrogen-bond acceptors (Lipinski definition) is 5. The molecule has 0 amide bonds. The van der Waals surface area contributed by atoms with Crippen LogP contribution < -0.4 is 10.1 Å². The first-order chi connectivity index (χ1) is 13.8. The first kappa shape index (κ1) is 17.7. The highest BCUT2D eigenvalue weighted by molar-refractivity contribution is 5.62. The summed E-state index contributed by atoms with van der Waals surface area (Å²) < 4.78 is 7.59. The molecule has 1 N–H and O–H groups in total. The normalized spacial score (nSPS) is 10.6. The maximum absolute atomic E-state index is 5.77. The molecule has 4 rings (SSSR count). The van der Waals surface area contributed by atoms with E-state index in [0.717, 1.165) is 22.4 Å². The number of aromatic nitrogens is 4. The predicted molar refractivity (Wildman–Crippen MR) is 109 cm³/mol. The van der Waals surface area contributed by atoms with Crippen molar-refractivity contribution < 1.29 is 4.74 Å². The standard InChI is InChI=1S/C22H21N5O/c1-27-15-19(21(26-27)18-10-6-3-7-11-18)14-24-22-23-13-12-20(25-22)28-16-17-8-4-2-5-9-17/h2-13,15H,14,16H2,1H3,(H,23,24,25). The van der Waals surface area contributed by atoms with Crippen molar-refractivity contribution in [1.82, 2.24) is 19.7 Å². The molecule has 0 bridgehead atoms. The number of nitrogens with one attached hydrogen (secondary N) is 1. The van der Waals surface area contributed by atoms with Gasteiger partial charge in [0.05, 0.1) is 5.69 Å². The van der Waals surface area contributed by atoms with Crippen molar-refractivity contribution in [3.8, 4) is 17.1 Å². The van der Waals surface area contributed by atoms with E-state index in [1.807, 2.05) is 66.5 Å². The number of ether oxygens (including phenoxy) is 1. The van der Waals surface area contributed by atoms with Gasteiger partial charge >= 0.3 is 0 Å². The molecule has 0 saturated carbocycles. The smallest absolute Gasteiger partial charge is 0.226 e. The number of benzene rings is 2. The third-order valence-electron chi connectivity index (χ3n) is 4.25. The van der Waals surface area contributed by atoms with Gasteiger partial charge in [-0.05, 0) is 5.56 Å². The summed E-state index contributed by atoms with van der Waals surface area (Å²) in [4.78, 5) is 8.73. The van der Waals surface area contributed by atoms with E-state index in [0.29, 0.717) is 25.0 Å². The van der Waals surface area contributed by atoms with Crippen LogP contribution in [0.15, 0.2) is 79.1 Å². The molecule has 140 valence electrons. The van der Waals surface area contributed by atoms with E-state index in [2.05, 4.69) is 32.5 Å². The van der Waals surface area contributed by atoms with Crippen molar-refractivity contribution in [3.63, 3.8) is 0 Å². The van der Waals surface area contributed by atoms with Gasteiger partial charge in [0.2, 0.25) is 11.8 Å². The zero-order valence-electron chi connectivity index (χ0n) is 15.6. The molecule has 0 aliphatic carbocycles. The van der Waals surface area contributed by atoms with Gasteiger partial charge in [-0.3, -0.25) is 4.68 Å². The van der Waals surface area contributed by atoms with Gasteiger partial charge in [0.1, 0.15) is 6.61 Å². The van der Waals surface area contributed by atoms with E-state index in [4.69, 9.17) is 4.74 Å². The quantitative estimate of drug-likeness (QED) is 0.530. The van der Waals surface area contributed by atoms with Crippen molar-refractivity contribution in [1.29, 1.82) is 0 Å². The van der Waals surface area contributed by atoms with Crippen LogP contribution in [-0.2, 0) is 20.2 Å². The molecule has 4 aromatic rings. The van der Waals surface area contributed by atoms with Crippen LogP contribution in [0.5, 0.6) is 5.88 Å². The average molecular weight is 371 g/mol. The summed E-state index contributed by atoms with van der Waals surface area (Å²) >= 11 is 0. The average Bonchev–Trinajstić information content (AvgIpc) is 3.13. The first-order valence-corrected chi connectivity index (χ1v) is 9.09. The Morgan fingerprint density at radius 3 is 2.50 bits per heavy atom. The molecule has 0 fully saturated rings. The van der Waals surface area contributed by atoms with Crippen LogP contribution in [-0.4, -0.2) is 19.7 Å². The van der Waals surface area contributed by atoms with Gasteiger partial charge in [0.15, 0.2) is 0 Å². The Labute approximate surface area is 163 Å². The fourth-order valence-corrected chi connectivity index (χ4v) is 2.92. The zero-order chi connectivity index (χ0) is 19.2. The maximum Gasteiger partial charge on any atom is 0.226 e. The molecular formula is C22H21N5O. The lowest BCUT2D eigenvalue weighted by Gasteiger charge is -2.08. The van der Waals surface area contributed by atoms with Crippen molar-refractivity contribution >= 4 is 5.95 Å². The second-order valence-electron chi connectivity index (χ2n) is 6.39. The van der Waals surface area contributed by atoms with Crippen LogP contribution in [0.3, 0.4) is 0 Å². The van der Waals surface area contributed by atoms with Crippen LogP contribution in [0.2, 0.25) is 0 Å². The lowest BCUT2D eigenvalue weighted by molar-refractivity contribution is 0.294. The van der Waals surface area contributed by atoms with Crippen LogP contribution in [0.4, 0.5) is 5.95 Å². The predicted octanol–water partition coefficient (Wildman–Crippen LogP) is 4.07. The zero-order valence-corrected chi connectivity index (χ0v) is 15.6. The van der Waals surface area contributed by atoms with Gasteiger partial charge in [0.25, 0.3) is 0 Å². The molecule has 0 radical (unpaired) electrons. The van der Waals surface area contributed by atoms with E-state index in [1.165, 1.54) is 0 Å². The van der Waals surface area contributed by atoms with Gasteiger partial charge in [-0.15, -0.1) is 0 Å². The number of hydrogen-bond donors (Lipinski definition) is 1. The number of anilines is 1. The minimum atomic E-state index is 0.470. The van der Waals surface area contributed by atoms with Crippen LogP contribution >= 0.6 is 0 Å². The highest BCUT2D eigenvalue weighted by atomic mass is 16.5. The number of nitrogens with zero attached hydrogens (tertiary/aromatic N) is 4. The Bertz CT molecular complexity index is 1030. The molecule has 0 spiro atoms. The molecule has 2 heterocycles. The summed E-state index contributed by atoms with van der Waals surface area (Å²) in [7, 11) is 1.92. The number of aryl methyl sites for hydroxylation is 1. The van der Waals surface area contributed by atoms with Crippen LogP contribution in [0, 0.1) is 0 Å². The maximum atomic E-state index is 5.77. The molecule has 0 saturated heterocycles. The van der Waals surface area contributed by atoms with E-state index in [9.17, 15) is 0 Å². The fraction of sp³-hybridized carbons (Fsp3) is 0.136. The monoisotopic (exact) mass is 371 g/mol. The Morgan fingerprint density at radius 2 is 1.71 bits per heavy atom. The SMILES string of the molecule is Cn1cc(CNc2nccc(OCc3ccccc3)n2)c(-c2ccccc2)n1. The van der Waals surface area contributed by atoms with Gasteiger partial charge in [-0.1, -0.05) is 60.7 Å². The summed E-state index contributed by atoms with van der Waals surface area (Å²) in [6.07, 6.45) is 3.70. The molecule has 0 unspecified atom stereocenters. The fourth-order valence-electron chi connectivity index (χ4n) is 2.92. The topological polar surface area (TPSA) is 64.9 Å². The molecule has 0 aliphatic rings. The number of rotatable bonds is 7. The molecule has 6 nitrogen and oxygen atoms in total. The Balaban J connectivity index is 1.43.